The van der Waals surface area contributed by atoms with Gasteiger partial charge in [-0.15, -0.1) is 0 Å². The van der Waals surface area contributed by atoms with Crippen LogP contribution < -0.4 is 4.72 Å². The second kappa shape index (κ2) is 7.02. The van der Waals surface area contributed by atoms with Gasteiger partial charge in [0.05, 0.1) is 15.7 Å². The minimum Gasteiger partial charge on any atom is -0.480 e. The van der Waals surface area contributed by atoms with E-state index in [2.05, 4.69) is 4.72 Å². The van der Waals surface area contributed by atoms with E-state index in [0.717, 1.165) is 5.56 Å². The lowest BCUT2D eigenvalue weighted by molar-refractivity contribution is -0.137. The van der Waals surface area contributed by atoms with Gasteiger partial charge in [-0.1, -0.05) is 35.9 Å². The molecule has 0 bridgehead atoms. The van der Waals surface area contributed by atoms with Crippen LogP contribution in [0.1, 0.15) is 26.3 Å². The number of hydrogen-bond acceptors (Lipinski definition) is 2. The molecule has 0 aliphatic carbocycles. The number of carboxylic acid groups (broad SMARTS) is 1. The fraction of sp³-hybridized carbons (Fsp3) is 0.357. The zero-order valence-corrected chi connectivity index (χ0v) is 13.2. The summed E-state index contributed by atoms with van der Waals surface area (Å²) >= 11 is 5.77. The fourth-order valence-electron chi connectivity index (χ4n) is 1.25. The topological polar surface area (TPSA) is 66.4 Å². The van der Waals surface area contributed by atoms with Crippen molar-refractivity contribution in [1.82, 2.24) is 4.72 Å². The minimum absolute atomic E-state index is 0.526. The molecule has 1 aromatic carbocycles. The van der Waals surface area contributed by atoms with Gasteiger partial charge in [-0.3, -0.25) is 4.79 Å². The number of hydrogen-bond donors (Lipinski definition) is 2. The number of benzene rings is 1. The molecule has 0 fully saturated rings. The van der Waals surface area contributed by atoms with Gasteiger partial charge in [0.1, 0.15) is 6.04 Å². The van der Waals surface area contributed by atoms with Crippen LogP contribution in [0, 0.1) is 0 Å². The van der Waals surface area contributed by atoms with Gasteiger partial charge in [-0.2, -0.15) is 0 Å². The number of aliphatic carboxylic acids is 1. The van der Waals surface area contributed by atoms with Crippen LogP contribution in [0.4, 0.5) is 0 Å². The quantitative estimate of drug-likeness (QED) is 0.878. The van der Waals surface area contributed by atoms with E-state index < -0.39 is 27.7 Å². The first-order valence-corrected chi connectivity index (χ1v) is 7.57. The van der Waals surface area contributed by atoms with E-state index >= 15 is 0 Å². The lowest BCUT2D eigenvalue weighted by Crippen LogP contribution is -2.42. The number of nitrogens with one attached hydrogen (secondary N) is 1. The van der Waals surface area contributed by atoms with Crippen LogP contribution in [0.5, 0.6) is 0 Å². The SMILES string of the molecule is CC(C)(C)[S@@](=O)N[C@H](/C=C/c1ccc(Cl)cc1)C(=O)O. The van der Waals surface area contributed by atoms with Crippen LogP contribution in [0.2, 0.25) is 5.02 Å². The Bertz CT molecular complexity index is 520. The summed E-state index contributed by atoms with van der Waals surface area (Å²) in [5, 5.41) is 9.76. The van der Waals surface area contributed by atoms with E-state index in [0.29, 0.717) is 5.02 Å². The normalized spacial score (nSPS) is 15.2. The molecule has 4 nitrogen and oxygen atoms in total. The Kier molecular flexibility index (Phi) is 5.92. The first kappa shape index (κ1) is 16.9. The van der Waals surface area contributed by atoms with Crippen molar-refractivity contribution in [3.8, 4) is 0 Å². The summed E-state index contributed by atoms with van der Waals surface area (Å²) < 4.78 is 14.0. The maximum absolute atomic E-state index is 11.9. The second-order valence-corrected chi connectivity index (χ2v) is 7.66. The van der Waals surface area contributed by atoms with Crippen molar-refractivity contribution in [3.63, 3.8) is 0 Å². The average molecular weight is 316 g/mol. The highest BCUT2D eigenvalue weighted by Gasteiger charge is 2.24. The predicted octanol–water partition coefficient (Wildman–Crippen LogP) is 2.86. The molecule has 0 aliphatic rings. The molecule has 0 aliphatic heterocycles. The summed E-state index contributed by atoms with van der Waals surface area (Å²) in [4.78, 5) is 11.2. The number of carbonyl (C=O) groups is 1. The van der Waals surface area contributed by atoms with Crippen molar-refractivity contribution in [2.45, 2.75) is 31.6 Å². The molecule has 0 heterocycles. The first-order valence-electron chi connectivity index (χ1n) is 6.05. The maximum Gasteiger partial charge on any atom is 0.325 e. The third-order valence-corrected chi connectivity index (χ3v) is 4.24. The van der Waals surface area contributed by atoms with Crippen molar-refractivity contribution in [2.75, 3.05) is 0 Å². The zero-order chi connectivity index (χ0) is 15.3. The average Bonchev–Trinajstić information content (AvgIpc) is 2.34. The van der Waals surface area contributed by atoms with Crippen molar-refractivity contribution in [2.24, 2.45) is 0 Å². The Balaban J connectivity index is 2.80. The van der Waals surface area contributed by atoms with Crippen molar-refractivity contribution in [1.29, 1.82) is 0 Å². The molecular weight excluding hydrogens is 298 g/mol. The molecule has 0 saturated heterocycles. The summed E-state index contributed by atoms with van der Waals surface area (Å²) in [5.74, 6) is -1.08. The Labute approximate surface area is 126 Å². The summed E-state index contributed by atoms with van der Waals surface area (Å²) in [7, 11) is -1.45. The minimum atomic E-state index is -1.45. The molecule has 0 unspecified atom stereocenters. The molecule has 0 radical (unpaired) electrons. The summed E-state index contributed by atoms with van der Waals surface area (Å²) in [6.45, 7) is 5.33. The van der Waals surface area contributed by atoms with Crippen LogP contribution in [0.25, 0.3) is 6.08 Å². The van der Waals surface area contributed by atoms with E-state index in [9.17, 15) is 9.00 Å². The number of halogens is 1. The Morgan fingerprint density at radius 2 is 1.90 bits per heavy atom. The van der Waals surface area contributed by atoms with Gasteiger partial charge in [0.2, 0.25) is 0 Å². The maximum atomic E-state index is 11.9. The van der Waals surface area contributed by atoms with Crippen molar-refractivity contribution < 1.29 is 14.1 Å². The second-order valence-electron chi connectivity index (χ2n) is 5.23. The summed E-state index contributed by atoms with van der Waals surface area (Å²) in [5.41, 5.74) is 0.823. The Morgan fingerprint density at radius 1 is 1.35 bits per heavy atom. The van der Waals surface area contributed by atoms with Gasteiger partial charge in [-0.05, 0) is 38.5 Å². The molecule has 20 heavy (non-hydrogen) atoms. The highest BCUT2D eigenvalue weighted by Crippen LogP contribution is 2.12. The largest absolute Gasteiger partial charge is 0.480 e. The Morgan fingerprint density at radius 3 is 2.35 bits per heavy atom. The van der Waals surface area contributed by atoms with Gasteiger partial charge in [0, 0.05) is 5.02 Å². The van der Waals surface area contributed by atoms with E-state index in [1.807, 2.05) is 0 Å². The standard InChI is InChI=1S/C14H18ClNO3S/c1-14(2,3)20(19)16-12(13(17)18)9-6-10-4-7-11(15)8-5-10/h4-9,12,16H,1-3H3,(H,17,18)/b9-6+/t12-,20-/m1/s1. The van der Waals surface area contributed by atoms with Crippen molar-refractivity contribution in [3.05, 3.63) is 40.9 Å². The Hall–Kier alpha value is -1.17. The molecule has 0 aromatic heterocycles. The zero-order valence-electron chi connectivity index (χ0n) is 11.6. The fourth-order valence-corrected chi connectivity index (χ4v) is 2.13. The van der Waals surface area contributed by atoms with Gasteiger partial charge in [0.25, 0.3) is 0 Å². The molecule has 0 spiro atoms. The molecule has 0 amide bonds. The first-order chi connectivity index (χ1) is 9.20. The van der Waals surface area contributed by atoms with Gasteiger partial charge < -0.3 is 5.11 Å². The predicted molar refractivity (Wildman–Crippen MR) is 82.9 cm³/mol. The monoisotopic (exact) mass is 315 g/mol. The molecular formula is C14H18ClNO3S. The van der Waals surface area contributed by atoms with Gasteiger partial charge in [0.15, 0.2) is 0 Å². The third-order valence-electron chi connectivity index (χ3n) is 2.41. The van der Waals surface area contributed by atoms with E-state index in [4.69, 9.17) is 16.7 Å². The lowest BCUT2D eigenvalue weighted by Gasteiger charge is -2.20. The molecule has 1 aromatic rings. The van der Waals surface area contributed by atoms with E-state index in [-0.39, 0.29) is 0 Å². The highest BCUT2D eigenvalue weighted by atomic mass is 35.5. The molecule has 6 heteroatoms. The van der Waals surface area contributed by atoms with E-state index in [1.165, 1.54) is 6.08 Å². The molecule has 110 valence electrons. The van der Waals surface area contributed by atoms with E-state index in [1.54, 1.807) is 51.1 Å². The molecule has 2 atom stereocenters. The molecule has 2 N–H and O–H groups in total. The van der Waals surface area contributed by atoms with Crippen LogP contribution in [0.3, 0.4) is 0 Å². The molecule has 0 saturated carbocycles. The van der Waals surface area contributed by atoms with Crippen molar-refractivity contribution >= 4 is 34.6 Å². The number of carboxylic acids is 1. The van der Waals surface area contributed by atoms with Crippen LogP contribution in [0.15, 0.2) is 30.3 Å². The van der Waals surface area contributed by atoms with Crippen LogP contribution in [-0.2, 0) is 15.8 Å². The van der Waals surface area contributed by atoms with Crippen LogP contribution in [-0.4, -0.2) is 26.1 Å². The molecule has 1 rings (SSSR count). The number of rotatable bonds is 5. The summed E-state index contributed by atoms with van der Waals surface area (Å²) in [6, 6.07) is 5.98. The summed E-state index contributed by atoms with van der Waals surface area (Å²) in [6.07, 6.45) is 3.12. The third kappa shape index (κ3) is 5.45. The smallest absolute Gasteiger partial charge is 0.325 e. The van der Waals surface area contributed by atoms with Gasteiger partial charge in [-0.25, -0.2) is 8.93 Å². The van der Waals surface area contributed by atoms with Gasteiger partial charge >= 0.3 is 5.97 Å². The van der Waals surface area contributed by atoms with Crippen LogP contribution >= 0.6 is 11.6 Å². The lowest BCUT2D eigenvalue weighted by atomic mass is 10.2. The highest BCUT2D eigenvalue weighted by molar-refractivity contribution is 7.84.